The maximum atomic E-state index is 14.2. The van der Waals surface area contributed by atoms with Crippen LogP contribution in [-0.2, 0) is 22.6 Å². The second-order valence-electron chi connectivity index (χ2n) is 7.09. The van der Waals surface area contributed by atoms with Crippen LogP contribution >= 0.6 is 11.6 Å². The molecular formula is C23H27ClF2N2O2. The predicted octanol–water partition coefficient (Wildman–Crippen LogP) is 4.88. The molecule has 0 fully saturated rings. The first-order valence-electron chi connectivity index (χ1n) is 10.1. The van der Waals surface area contributed by atoms with E-state index >= 15 is 0 Å². The first kappa shape index (κ1) is 23.8. The summed E-state index contributed by atoms with van der Waals surface area (Å²) >= 11 is 6.08. The molecule has 7 heteroatoms. The third kappa shape index (κ3) is 6.52. The molecule has 1 N–H and O–H groups in total. The Hall–Kier alpha value is -2.47. The fourth-order valence-electron chi connectivity index (χ4n) is 3.17. The van der Waals surface area contributed by atoms with E-state index in [2.05, 4.69) is 5.32 Å². The van der Waals surface area contributed by atoms with Gasteiger partial charge in [0.05, 0.1) is 6.42 Å². The second kappa shape index (κ2) is 11.6. The van der Waals surface area contributed by atoms with Crippen LogP contribution < -0.4 is 5.32 Å². The Morgan fingerprint density at radius 3 is 2.40 bits per heavy atom. The summed E-state index contributed by atoms with van der Waals surface area (Å²) in [7, 11) is 0. The van der Waals surface area contributed by atoms with Crippen molar-refractivity contribution >= 4 is 23.4 Å². The lowest BCUT2D eigenvalue weighted by Gasteiger charge is -2.31. The third-order valence-corrected chi connectivity index (χ3v) is 5.23. The summed E-state index contributed by atoms with van der Waals surface area (Å²) in [6.45, 7) is 4.45. The lowest BCUT2D eigenvalue weighted by molar-refractivity contribution is -0.141. The number of benzene rings is 2. The minimum atomic E-state index is -0.732. The monoisotopic (exact) mass is 436 g/mol. The highest BCUT2D eigenvalue weighted by Gasteiger charge is 2.29. The Morgan fingerprint density at radius 2 is 1.80 bits per heavy atom. The number of amides is 2. The molecule has 2 aromatic rings. The fraction of sp³-hybridized carbons (Fsp3) is 0.391. The largest absolute Gasteiger partial charge is 0.354 e. The molecule has 2 amide bonds. The van der Waals surface area contributed by atoms with Gasteiger partial charge in [-0.1, -0.05) is 50.1 Å². The van der Waals surface area contributed by atoms with E-state index in [4.69, 9.17) is 11.6 Å². The number of hydrogen-bond acceptors (Lipinski definition) is 2. The van der Waals surface area contributed by atoms with E-state index in [1.54, 1.807) is 12.1 Å². The molecule has 1 atom stereocenters. The summed E-state index contributed by atoms with van der Waals surface area (Å²) in [4.78, 5) is 27.3. The quantitative estimate of drug-likeness (QED) is 0.539. The van der Waals surface area contributed by atoms with E-state index in [0.29, 0.717) is 18.5 Å². The molecule has 0 heterocycles. The van der Waals surface area contributed by atoms with Gasteiger partial charge in [-0.15, -0.1) is 0 Å². The van der Waals surface area contributed by atoms with Gasteiger partial charge < -0.3 is 10.2 Å². The van der Waals surface area contributed by atoms with Crippen LogP contribution in [0.5, 0.6) is 0 Å². The van der Waals surface area contributed by atoms with Gasteiger partial charge in [0.15, 0.2) is 0 Å². The molecule has 2 rings (SSSR count). The molecule has 0 saturated heterocycles. The van der Waals surface area contributed by atoms with Crippen LogP contribution in [0, 0.1) is 11.6 Å². The van der Waals surface area contributed by atoms with E-state index in [9.17, 15) is 18.4 Å². The first-order valence-corrected chi connectivity index (χ1v) is 10.5. The summed E-state index contributed by atoms with van der Waals surface area (Å²) in [5.41, 5.74) is 0.763. The van der Waals surface area contributed by atoms with Gasteiger partial charge in [-0.3, -0.25) is 9.59 Å². The Balaban J connectivity index is 2.29. The molecule has 0 aliphatic carbocycles. The Morgan fingerprint density at radius 1 is 1.10 bits per heavy atom. The van der Waals surface area contributed by atoms with E-state index in [1.165, 1.54) is 35.2 Å². The van der Waals surface area contributed by atoms with Crippen LogP contribution in [0.4, 0.5) is 8.78 Å². The van der Waals surface area contributed by atoms with Gasteiger partial charge in [0.1, 0.15) is 17.7 Å². The van der Waals surface area contributed by atoms with Crippen molar-refractivity contribution in [3.05, 3.63) is 70.2 Å². The van der Waals surface area contributed by atoms with Crippen molar-refractivity contribution in [1.29, 1.82) is 0 Å². The van der Waals surface area contributed by atoms with Crippen molar-refractivity contribution in [2.45, 2.75) is 52.1 Å². The number of nitrogens with one attached hydrogen (secondary N) is 1. The normalized spacial score (nSPS) is 11.8. The van der Waals surface area contributed by atoms with Gasteiger partial charge in [0.25, 0.3) is 0 Å². The first-order chi connectivity index (χ1) is 14.4. The predicted molar refractivity (Wildman–Crippen MR) is 114 cm³/mol. The summed E-state index contributed by atoms with van der Waals surface area (Å²) < 4.78 is 27.5. The average molecular weight is 437 g/mol. The Bertz CT molecular complexity index is 839. The number of carbonyl (C=O) groups excluding carboxylic acids is 2. The highest BCUT2D eigenvalue weighted by Crippen LogP contribution is 2.22. The molecule has 0 bridgehead atoms. The summed E-state index contributed by atoms with van der Waals surface area (Å²) in [6.07, 6.45) is 1.88. The maximum Gasteiger partial charge on any atom is 0.242 e. The van der Waals surface area contributed by atoms with Gasteiger partial charge >= 0.3 is 0 Å². The molecule has 30 heavy (non-hydrogen) atoms. The van der Waals surface area contributed by atoms with Crippen molar-refractivity contribution in [3.63, 3.8) is 0 Å². The molecule has 0 spiro atoms. The van der Waals surface area contributed by atoms with Crippen LogP contribution in [0.2, 0.25) is 5.02 Å². The molecule has 0 radical (unpaired) electrons. The summed E-state index contributed by atoms with van der Waals surface area (Å²) in [5.74, 6) is -1.65. The molecule has 0 aliphatic rings. The molecule has 0 aliphatic heterocycles. The van der Waals surface area contributed by atoms with Gasteiger partial charge in [-0.2, -0.15) is 0 Å². The molecule has 2 aromatic carbocycles. The average Bonchev–Trinajstić information content (AvgIpc) is 2.72. The highest BCUT2D eigenvalue weighted by molar-refractivity contribution is 6.31. The second-order valence-corrected chi connectivity index (χ2v) is 7.50. The SMILES string of the molecule is CCCCNC(=O)[C@H](CC)N(Cc1ccc(F)cc1)C(=O)Cc1c(F)cccc1Cl. The van der Waals surface area contributed by atoms with E-state index < -0.39 is 17.8 Å². The number of carbonyl (C=O) groups is 2. The van der Waals surface area contributed by atoms with Gasteiger partial charge in [0.2, 0.25) is 11.8 Å². The topological polar surface area (TPSA) is 49.4 Å². The summed E-state index contributed by atoms with van der Waals surface area (Å²) in [6, 6.07) is 9.23. The molecular weight excluding hydrogens is 410 g/mol. The van der Waals surface area contributed by atoms with Crippen molar-refractivity contribution < 1.29 is 18.4 Å². The molecule has 162 valence electrons. The van der Waals surface area contributed by atoms with Crippen molar-refractivity contribution in [1.82, 2.24) is 10.2 Å². The van der Waals surface area contributed by atoms with Gasteiger partial charge in [-0.25, -0.2) is 8.78 Å². The maximum absolute atomic E-state index is 14.2. The molecule has 0 aromatic heterocycles. The number of halogens is 3. The third-order valence-electron chi connectivity index (χ3n) is 4.87. The van der Waals surface area contributed by atoms with Gasteiger partial charge in [-0.05, 0) is 42.7 Å². The number of unbranched alkanes of at least 4 members (excludes halogenated alkanes) is 1. The lowest BCUT2D eigenvalue weighted by atomic mass is 10.1. The van der Waals surface area contributed by atoms with E-state index in [0.717, 1.165) is 12.8 Å². The molecule has 0 unspecified atom stereocenters. The summed E-state index contributed by atoms with van der Waals surface area (Å²) in [5, 5.41) is 3.02. The van der Waals surface area contributed by atoms with Crippen LogP contribution in [0.3, 0.4) is 0 Å². The standard InChI is InChI=1S/C23H27ClF2N2O2/c1-3-5-13-27-23(30)21(4-2)28(15-16-9-11-17(25)12-10-16)22(29)14-18-19(24)7-6-8-20(18)26/h6-12,21H,3-5,13-15H2,1-2H3,(H,27,30)/t21-/m0/s1. The zero-order valence-electron chi connectivity index (χ0n) is 17.3. The van der Waals surface area contributed by atoms with Crippen molar-refractivity contribution in [2.75, 3.05) is 6.54 Å². The fourth-order valence-corrected chi connectivity index (χ4v) is 3.40. The van der Waals surface area contributed by atoms with Crippen molar-refractivity contribution in [3.8, 4) is 0 Å². The highest BCUT2D eigenvalue weighted by atomic mass is 35.5. The minimum Gasteiger partial charge on any atom is -0.354 e. The zero-order valence-corrected chi connectivity index (χ0v) is 18.0. The Labute approximate surface area is 181 Å². The number of nitrogens with zero attached hydrogens (tertiary/aromatic N) is 1. The van der Waals surface area contributed by atoms with Crippen LogP contribution in [0.1, 0.15) is 44.2 Å². The Kier molecular flexibility index (Phi) is 9.24. The number of rotatable bonds is 10. The smallest absolute Gasteiger partial charge is 0.242 e. The van der Waals surface area contributed by atoms with Crippen molar-refractivity contribution in [2.24, 2.45) is 0 Å². The number of hydrogen-bond donors (Lipinski definition) is 1. The van der Waals surface area contributed by atoms with E-state index in [-0.39, 0.29) is 35.3 Å². The zero-order chi connectivity index (χ0) is 22.1. The lowest BCUT2D eigenvalue weighted by Crippen LogP contribution is -2.49. The van der Waals surface area contributed by atoms with E-state index in [1.807, 2.05) is 13.8 Å². The molecule has 0 saturated carbocycles. The minimum absolute atomic E-state index is 0.0921. The van der Waals surface area contributed by atoms with Gasteiger partial charge in [0, 0.05) is 23.7 Å². The molecule has 4 nitrogen and oxygen atoms in total. The van der Waals surface area contributed by atoms with Crippen LogP contribution in [-0.4, -0.2) is 29.3 Å². The van der Waals surface area contributed by atoms with Crippen LogP contribution in [0.25, 0.3) is 0 Å². The van der Waals surface area contributed by atoms with Crippen LogP contribution in [0.15, 0.2) is 42.5 Å².